The lowest BCUT2D eigenvalue weighted by Crippen LogP contribution is -2.23. The summed E-state index contributed by atoms with van der Waals surface area (Å²) >= 11 is 0. The van der Waals surface area contributed by atoms with Crippen molar-refractivity contribution in [2.45, 2.75) is 39.3 Å². The Hall–Kier alpha value is -4.37. The Kier molecular flexibility index (Phi) is 7.37. The number of rotatable bonds is 11. The molecule has 4 heterocycles. The van der Waals surface area contributed by atoms with E-state index in [0.29, 0.717) is 30.1 Å². The van der Waals surface area contributed by atoms with Gasteiger partial charge < -0.3 is 19.5 Å². The molecule has 9 heteroatoms. The molecule has 1 aliphatic rings. The second-order valence-corrected chi connectivity index (χ2v) is 10.2. The summed E-state index contributed by atoms with van der Waals surface area (Å²) in [5, 5.41) is 4.94. The number of anilines is 2. The Bertz CT molecular complexity index is 1710. The standard InChI is InChI=1S/C31H35N7O2/c1-3-13-37-30(39)27-22-32-31(34-29(27)38(37)25-8-7-9-26(21-25)40-19-4-2)33-24-10-11-28-23(20-24)12-16-36(28)18-17-35-14-5-6-15-35/h3,7-12,16,20-22H,1,4-6,13-15,17-19H2,2H3,(H,32,33,34). The molecule has 2 aromatic carbocycles. The normalized spacial score (nSPS) is 13.8. The van der Waals surface area contributed by atoms with Gasteiger partial charge in [-0.1, -0.05) is 19.1 Å². The third-order valence-corrected chi connectivity index (χ3v) is 7.40. The molecule has 0 unspecified atom stereocenters. The van der Waals surface area contributed by atoms with Crippen LogP contribution in [0.3, 0.4) is 0 Å². The number of ether oxygens (including phenoxy) is 1. The number of nitrogens with zero attached hydrogens (tertiary/aromatic N) is 6. The quantitative estimate of drug-likeness (QED) is 0.229. The number of hydrogen-bond acceptors (Lipinski definition) is 6. The summed E-state index contributed by atoms with van der Waals surface area (Å²) in [5.41, 5.74) is 3.23. The molecular weight excluding hydrogens is 502 g/mol. The van der Waals surface area contributed by atoms with Gasteiger partial charge in [0.2, 0.25) is 5.95 Å². The zero-order valence-electron chi connectivity index (χ0n) is 22.9. The minimum atomic E-state index is -0.169. The molecule has 0 spiro atoms. The second kappa shape index (κ2) is 11.4. The van der Waals surface area contributed by atoms with Crippen LogP contribution in [0.15, 0.2) is 78.4 Å². The highest BCUT2D eigenvalue weighted by molar-refractivity contribution is 5.85. The highest BCUT2D eigenvalue weighted by Crippen LogP contribution is 2.25. The van der Waals surface area contributed by atoms with Crippen LogP contribution in [0.4, 0.5) is 11.6 Å². The van der Waals surface area contributed by atoms with E-state index >= 15 is 0 Å². The fraction of sp³-hybridized carbons (Fsp3) is 0.323. The molecule has 1 fully saturated rings. The number of benzene rings is 2. The van der Waals surface area contributed by atoms with Gasteiger partial charge in [0.25, 0.3) is 5.56 Å². The van der Waals surface area contributed by atoms with Crippen LogP contribution in [0, 0.1) is 0 Å². The van der Waals surface area contributed by atoms with Crippen molar-refractivity contribution in [1.29, 1.82) is 0 Å². The zero-order chi connectivity index (χ0) is 27.5. The molecule has 0 saturated carbocycles. The molecule has 0 amide bonds. The molecule has 9 nitrogen and oxygen atoms in total. The zero-order valence-corrected chi connectivity index (χ0v) is 22.9. The monoisotopic (exact) mass is 537 g/mol. The third kappa shape index (κ3) is 5.12. The highest BCUT2D eigenvalue weighted by Gasteiger charge is 2.18. The Balaban J connectivity index is 1.31. The predicted molar refractivity (Wildman–Crippen MR) is 160 cm³/mol. The fourth-order valence-corrected chi connectivity index (χ4v) is 5.42. The van der Waals surface area contributed by atoms with Gasteiger partial charge in [-0.05, 0) is 68.8 Å². The van der Waals surface area contributed by atoms with Crippen LogP contribution in [0.1, 0.15) is 26.2 Å². The van der Waals surface area contributed by atoms with Gasteiger partial charge in [-0.15, -0.1) is 6.58 Å². The van der Waals surface area contributed by atoms with E-state index in [1.807, 2.05) is 35.0 Å². The SMILES string of the molecule is C=CCn1c(=O)c2cnc(Nc3ccc4c(ccn4CCN4CCCC4)c3)nc2n1-c1cccc(OCCC)c1. The van der Waals surface area contributed by atoms with Crippen molar-refractivity contribution in [2.24, 2.45) is 0 Å². The van der Waals surface area contributed by atoms with Gasteiger partial charge in [0.15, 0.2) is 5.65 Å². The van der Waals surface area contributed by atoms with E-state index in [4.69, 9.17) is 9.72 Å². The lowest BCUT2D eigenvalue weighted by Gasteiger charge is -2.15. The third-order valence-electron chi connectivity index (χ3n) is 7.40. The fourth-order valence-electron chi connectivity index (χ4n) is 5.42. The number of hydrogen-bond donors (Lipinski definition) is 1. The summed E-state index contributed by atoms with van der Waals surface area (Å²) in [4.78, 5) is 25.1. The molecule has 0 bridgehead atoms. The van der Waals surface area contributed by atoms with E-state index in [1.165, 1.54) is 31.4 Å². The Morgan fingerprint density at radius 2 is 1.98 bits per heavy atom. The molecule has 0 aliphatic carbocycles. The van der Waals surface area contributed by atoms with Gasteiger partial charge in [0, 0.05) is 48.1 Å². The van der Waals surface area contributed by atoms with E-state index in [2.05, 4.69) is 57.7 Å². The van der Waals surface area contributed by atoms with Gasteiger partial charge >= 0.3 is 0 Å². The first-order valence-corrected chi connectivity index (χ1v) is 14.1. The molecular formula is C31H35N7O2. The average Bonchev–Trinajstić information content (AvgIpc) is 3.70. The summed E-state index contributed by atoms with van der Waals surface area (Å²) in [6, 6.07) is 16.1. The summed E-state index contributed by atoms with van der Waals surface area (Å²) in [6.45, 7) is 11.4. The molecule has 0 radical (unpaired) electrons. The predicted octanol–water partition coefficient (Wildman–Crippen LogP) is 5.35. The van der Waals surface area contributed by atoms with Gasteiger partial charge in [0.1, 0.15) is 11.1 Å². The first-order chi connectivity index (χ1) is 19.6. The van der Waals surface area contributed by atoms with E-state index in [0.717, 1.165) is 42.0 Å². The molecule has 1 N–H and O–H groups in total. The van der Waals surface area contributed by atoms with Crippen LogP contribution in [-0.2, 0) is 13.1 Å². The van der Waals surface area contributed by atoms with Gasteiger partial charge in [0.05, 0.1) is 18.8 Å². The van der Waals surface area contributed by atoms with Gasteiger partial charge in [-0.25, -0.2) is 14.3 Å². The van der Waals surface area contributed by atoms with Crippen LogP contribution in [0.2, 0.25) is 0 Å². The molecule has 5 aromatic rings. The van der Waals surface area contributed by atoms with Crippen LogP contribution >= 0.6 is 0 Å². The highest BCUT2D eigenvalue weighted by atomic mass is 16.5. The van der Waals surface area contributed by atoms with Crippen LogP contribution < -0.4 is 15.6 Å². The molecule has 206 valence electrons. The summed E-state index contributed by atoms with van der Waals surface area (Å²) in [7, 11) is 0. The van der Waals surface area contributed by atoms with Crippen molar-refractivity contribution in [3.05, 3.63) is 83.9 Å². The maximum absolute atomic E-state index is 13.3. The molecule has 1 aliphatic heterocycles. The number of likely N-dealkylation sites (tertiary alicyclic amines) is 1. The minimum absolute atomic E-state index is 0.169. The van der Waals surface area contributed by atoms with E-state index in [-0.39, 0.29) is 5.56 Å². The molecule has 3 aromatic heterocycles. The Labute approximate surface area is 233 Å². The van der Waals surface area contributed by atoms with Gasteiger partial charge in [-0.3, -0.25) is 4.79 Å². The van der Waals surface area contributed by atoms with Crippen molar-refractivity contribution in [1.82, 2.24) is 28.8 Å². The summed E-state index contributed by atoms with van der Waals surface area (Å²) in [6.07, 6.45) is 8.98. The Morgan fingerprint density at radius 1 is 1.10 bits per heavy atom. The number of allylic oxidation sites excluding steroid dienone is 1. The topological polar surface area (TPSA) is 82.1 Å². The molecule has 1 saturated heterocycles. The summed E-state index contributed by atoms with van der Waals surface area (Å²) in [5.74, 6) is 1.16. The van der Waals surface area contributed by atoms with Crippen molar-refractivity contribution in [2.75, 3.05) is 31.6 Å². The lowest BCUT2D eigenvalue weighted by molar-refractivity contribution is 0.317. The molecule has 0 atom stereocenters. The van der Waals surface area contributed by atoms with Gasteiger partial charge in [-0.2, -0.15) is 4.98 Å². The first-order valence-electron chi connectivity index (χ1n) is 14.1. The lowest BCUT2D eigenvalue weighted by atomic mass is 10.2. The minimum Gasteiger partial charge on any atom is -0.494 e. The van der Waals surface area contributed by atoms with Crippen LogP contribution in [0.25, 0.3) is 27.6 Å². The van der Waals surface area contributed by atoms with E-state index in [1.54, 1.807) is 17.0 Å². The van der Waals surface area contributed by atoms with Crippen molar-refractivity contribution < 1.29 is 4.74 Å². The number of aromatic nitrogens is 5. The van der Waals surface area contributed by atoms with E-state index < -0.39 is 0 Å². The van der Waals surface area contributed by atoms with E-state index in [9.17, 15) is 4.79 Å². The number of nitrogens with one attached hydrogen (secondary N) is 1. The maximum Gasteiger partial charge on any atom is 0.278 e. The molecule has 6 rings (SSSR count). The van der Waals surface area contributed by atoms with Crippen molar-refractivity contribution in [3.8, 4) is 11.4 Å². The summed E-state index contributed by atoms with van der Waals surface area (Å²) < 4.78 is 11.6. The average molecular weight is 538 g/mol. The van der Waals surface area contributed by atoms with Crippen LogP contribution in [0.5, 0.6) is 5.75 Å². The maximum atomic E-state index is 13.3. The Morgan fingerprint density at radius 3 is 2.80 bits per heavy atom. The molecule has 40 heavy (non-hydrogen) atoms. The number of fused-ring (bicyclic) bond motifs is 2. The smallest absolute Gasteiger partial charge is 0.278 e. The largest absolute Gasteiger partial charge is 0.494 e. The van der Waals surface area contributed by atoms with Crippen molar-refractivity contribution >= 4 is 33.6 Å². The second-order valence-electron chi connectivity index (χ2n) is 10.2. The van der Waals surface area contributed by atoms with Crippen LogP contribution in [-0.4, -0.2) is 55.0 Å². The van der Waals surface area contributed by atoms with Crippen molar-refractivity contribution in [3.63, 3.8) is 0 Å². The first kappa shape index (κ1) is 25.9.